The molecule has 1 aromatic rings. The lowest BCUT2D eigenvalue weighted by molar-refractivity contribution is -0.131. The van der Waals surface area contributed by atoms with Gasteiger partial charge >= 0.3 is 5.97 Å². The van der Waals surface area contributed by atoms with E-state index in [0.717, 1.165) is 46.9 Å². The quantitative estimate of drug-likeness (QED) is 0.853. The standard InChI is InChI=1S/C15H17BrO4/c1-10-7-12(16)8-11(4-5-14(17)18)15(10)20-13-3-2-6-19-9-13/h4-5,7-8,13H,2-3,6,9H2,1H3,(H,17,18)/b5-4+. The summed E-state index contributed by atoms with van der Waals surface area (Å²) in [5.41, 5.74) is 1.72. The first-order valence-electron chi connectivity index (χ1n) is 6.52. The monoisotopic (exact) mass is 340 g/mol. The van der Waals surface area contributed by atoms with Crippen LogP contribution in [0.4, 0.5) is 0 Å². The van der Waals surface area contributed by atoms with Gasteiger partial charge in [-0.2, -0.15) is 0 Å². The van der Waals surface area contributed by atoms with E-state index in [1.807, 2.05) is 19.1 Å². The normalized spacial score (nSPS) is 19.2. The van der Waals surface area contributed by atoms with Gasteiger partial charge < -0.3 is 14.6 Å². The molecule has 1 aliphatic heterocycles. The molecule has 0 bridgehead atoms. The summed E-state index contributed by atoms with van der Waals surface area (Å²) < 4.78 is 12.3. The van der Waals surface area contributed by atoms with Crippen molar-refractivity contribution in [3.8, 4) is 5.75 Å². The summed E-state index contributed by atoms with van der Waals surface area (Å²) in [4.78, 5) is 10.7. The third-order valence-corrected chi connectivity index (χ3v) is 3.53. The summed E-state index contributed by atoms with van der Waals surface area (Å²) in [7, 11) is 0. The van der Waals surface area contributed by atoms with Gasteiger partial charge in [0.1, 0.15) is 11.9 Å². The smallest absolute Gasteiger partial charge is 0.328 e. The predicted octanol–water partition coefficient (Wildman–Crippen LogP) is 3.41. The maximum atomic E-state index is 10.7. The highest BCUT2D eigenvalue weighted by Crippen LogP contribution is 2.31. The van der Waals surface area contributed by atoms with Crippen molar-refractivity contribution in [1.29, 1.82) is 0 Å². The Morgan fingerprint density at radius 2 is 2.35 bits per heavy atom. The first-order valence-corrected chi connectivity index (χ1v) is 7.31. The van der Waals surface area contributed by atoms with Gasteiger partial charge in [-0.3, -0.25) is 0 Å². The topological polar surface area (TPSA) is 55.8 Å². The molecule has 108 valence electrons. The minimum Gasteiger partial charge on any atom is -0.487 e. The zero-order valence-electron chi connectivity index (χ0n) is 11.3. The maximum Gasteiger partial charge on any atom is 0.328 e. The van der Waals surface area contributed by atoms with E-state index in [9.17, 15) is 4.79 Å². The molecule has 1 N–H and O–H groups in total. The molecule has 1 atom stereocenters. The molecule has 1 heterocycles. The van der Waals surface area contributed by atoms with Crippen molar-refractivity contribution < 1.29 is 19.4 Å². The minimum atomic E-state index is -0.977. The lowest BCUT2D eigenvalue weighted by Crippen LogP contribution is -2.28. The van der Waals surface area contributed by atoms with Crippen molar-refractivity contribution in [3.05, 3.63) is 33.8 Å². The number of hydrogen-bond acceptors (Lipinski definition) is 3. The Morgan fingerprint density at radius 3 is 3.00 bits per heavy atom. The predicted molar refractivity (Wildman–Crippen MR) is 80.0 cm³/mol. The minimum absolute atomic E-state index is 0.0283. The van der Waals surface area contributed by atoms with Crippen LogP contribution in [0.2, 0.25) is 0 Å². The molecule has 1 aliphatic rings. The van der Waals surface area contributed by atoms with Crippen LogP contribution in [-0.2, 0) is 9.53 Å². The molecule has 4 nitrogen and oxygen atoms in total. The largest absolute Gasteiger partial charge is 0.487 e. The van der Waals surface area contributed by atoms with Gasteiger partial charge in [0.15, 0.2) is 0 Å². The second-order valence-electron chi connectivity index (χ2n) is 4.77. The van der Waals surface area contributed by atoms with Gasteiger partial charge in [-0.05, 0) is 43.5 Å². The van der Waals surface area contributed by atoms with E-state index in [0.29, 0.717) is 6.61 Å². The van der Waals surface area contributed by atoms with E-state index in [1.165, 1.54) is 0 Å². The summed E-state index contributed by atoms with van der Waals surface area (Å²) in [6.45, 7) is 3.31. The number of aliphatic carboxylic acids is 1. The van der Waals surface area contributed by atoms with Crippen LogP contribution in [0.1, 0.15) is 24.0 Å². The average molecular weight is 341 g/mol. The second kappa shape index (κ2) is 6.90. The van der Waals surface area contributed by atoms with Gasteiger partial charge in [-0.1, -0.05) is 15.9 Å². The van der Waals surface area contributed by atoms with Crippen LogP contribution < -0.4 is 4.74 Å². The van der Waals surface area contributed by atoms with Crippen LogP contribution in [-0.4, -0.2) is 30.4 Å². The molecule has 2 rings (SSSR count). The van der Waals surface area contributed by atoms with Gasteiger partial charge in [0, 0.05) is 22.7 Å². The number of ether oxygens (including phenoxy) is 2. The second-order valence-corrected chi connectivity index (χ2v) is 5.69. The first kappa shape index (κ1) is 15.1. The van der Waals surface area contributed by atoms with Crippen LogP contribution in [0.3, 0.4) is 0 Å². The van der Waals surface area contributed by atoms with Crippen molar-refractivity contribution in [2.24, 2.45) is 0 Å². The van der Waals surface area contributed by atoms with Crippen LogP contribution in [0.5, 0.6) is 5.75 Å². The van der Waals surface area contributed by atoms with Gasteiger partial charge in [-0.25, -0.2) is 4.79 Å². The number of carboxylic acid groups (broad SMARTS) is 1. The van der Waals surface area contributed by atoms with Crippen molar-refractivity contribution in [2.45, 2.75) is 25.9 Å². The number of aryl methyl sites for hydroxylation is 1. The van der Waals surface area contributed by atoms with E-state index in [2.05, 4.69) is 15.9 Å². The van der Waals surface area contributed by atoms with Crippen molar-refractivity contribution in [3.63, 3.8) is 0 Å². The highest BCUT2D eigenvalue weighted by Gasteiger charge is 2.18. The number of carboxylic acids is 1. The van der Waals surface area contributed by atoms with E-state index >= 15 is 0 Å². The first-order chi connectivity index (χ1) is 9.56. The molecule has 0 saturated carbocycles. The average Bonchev–Trinajstić information content (AvgIpc) is 2.41. The summed E-state index contributed by atoms with van der Waals surface area (Å²) >= 11 is 3.42. The Balaban J connectivity index is 2.26. The van der Waals surface area contributed by atoms with Gasteiger partial charge in [0.05, 0.1) is 6.61 Å². The van der Waals surface area contributed by atoms with Gasteiger partial charge in [0.2, 0.25) is 0 Å². The Kier molecular flexibility index (Phi) is 5.20. The summed E-state index contributed by atoms with van der Waals surface area (Å²) in [5, 5.41) is 8.77. The molecular formula is C15H17BrO4. The van der Waals surface area contributed by atoms with Crippen molar-refractivity contribution in [1.82, 2.24) is 0 Å². The summed E-state index contributed by atoms with van der Waals surface area (Å²) in [5.74, 6) is -0.254. The molecule has 1 fully saturated rings. The number of halogens is 1. The van der Waals surface area contributed by atoms with E-state index < -0.39 is 5.97 Å². The molecule has 0 radical (unpaired) electrons. The molecule has 1 saturated heterocycles. The van der Waals surface area contributed by atoms with E-state index in [4.69, 9.17) is 14.6 Å². The number of carbonyl (C=O) groups is 1. The van der Waals surface area contributed by atoms with E-state index in [-0.39, 0.29) is 6.10 Å². The zero-order chi connectivity index (χ0) is 14.5. The molecule has 5 heteroatoms. The molecule has 0 amide bonds. The van der Waals surface area contributed by atoms with Crippen LogP contribution in [0.15, 0.2) is 22.7 Å². The van der Waals surface area contributed by atoms with Crippen LogP contribution in [0.25, 0.3) is 6.08 Å². The SMILES string of the molecule is Cc1cc(Br)cc(/C=C/C(=O)O)c1OC1CCCOC1. The van der Waals surface area contributed by atoms with Crippen molar-refractivity contribution in [2.75, 3.05) is 13.2 Å². The molecule has 0 aliphatic carbocycles. The zero-order valence-corrected chi connectivity index (χ0v) is 12.9. The number of benzene rings is 1. The molecule has 0 aromatic heterocycles. The number of rotatable bonds is 4. The molecule has 0 spiro atoms. The van der Waals surface area contributed by atoms with E-state index in [1.54, 1.807) is 6.08 Å². The lowest BCUT2D eigenvalue weighted by Gasteiger charge is -2.25. The van der Waals surface area contributed by atoms with Crippen molar-refractivity contribution >= 4 is 28.0 Å². The van der Waals surface area contributed by atoms with Crippen LogP contribution in [0, 0.1) is 6.92 Å². The third-order valence-electron chi connectivity index (χ3n) is 3.08. The highest BCUT2D eigenvalue weighted by molar-refractivity contribution is 9.10. The van der Waals surface area contributed by atoms with Gasteiger partial charge in [0.25, 0.3) is 0 Å². The van der Waals surface area contributed by atoms with Gasteiger partial charge in [-0.15, -0.1) is 0 Å². The third kappa shape index (κ3) is 4.08. The molecule has 1 unspecified atom stereocenters. The lowest BCUT2D eigenvalue weighted by atomic mass is 10.1. The Labute approximate surface area is 126 Å². The molecular weight excluding hydrogens is 324 g/mol. The molecule has 20 heavy (non-hydrogen) atoms. The fourth-order valence-electron chi connectivity index (χ4n) is 2.17. The fraction of sp³-hybridized carbons (Fsp3) is 0.400. The maximum absolute atomic E-state index is 10.7. The fourth-order valence-corrected chi connectivity index (χ4v) is 2.76. The van der Waals surface area contributed by atoms with Crippen LogP contribution >= 0.6 is 15.9 Å². The Hall–Kier alpha value is -1.33. The summed E-state index contributed by atoms with van der Waals surface area (Å²) in [6, 6.07) is 3.81. The highest BCUT2D eigenvalue weighted by atomic mass is 79.9. The number of hydrogen-bond donors (Lipinski definition) is 1. The molecule has 1 aromatic carbocycles. The Bertz CT molecular complexity index is 519. The Morgan fingerprint density at radius 1 is 1.55 bits per heavy atom. The summed E-state index contributed by atoms with van der Waals surface area (Å²) in [6.07, 6.45) is 4.64.